The van der Waals surface area contributed by atoms with Gasteiger partial charge in [0.05, 0.1) is 12.8 Å². The van der Waals surface area contributed by atoms with Crippen molar-refractivity contribution in [3.05, 3.63) is 60.2 Å². The lowest BCUT2D eigenvalue weighted by molar-refractivity contribution is 0.416. The topological polar surface area (TPSA) is 60.2 Å². The van der Waals surface area contributed by atoms with Crippen molar-refractivity contribution in [3.8, 4) is 17.1 Å². The first kappa shape index (κ1) is 14.1. The number of nitrogens with one attached hydrogen (secondary N) is 1. The maximum atomic E-state index is 12.9. The van der Waals surface area contributed by atoms with Crippen molar-refractivity contribution in [2.45, 2.75) is 6.54 Å². The molecule has 1 aromatic heterocycles. The van der Waals surface area contributed by atoms with E-state index in [-0.39, 0.29) is 5.82 Å². The lowest BCUT2D eigenvalue weighted by Crippen LogP contribution is -2.02. The van der Waals surface area contributed by atoms with Crippen LogP contribution in [0.1, 0.15) is 5.56 Å². The second-order valence-electron chi connectivity index (χ2n) is 4.65. The fraction of sp³-hybridized carbons (Fsp3) is 0.125. The highest BCUT2D eigenvalue weighted by molar-refractivity contribution is 5.68. The zero-order valence-electron chi connectivity index (χ0n) is 11.9. The van der Waals surface area contributed by atoms with Crippen molar-refractivity contribution in [3.63, 3.8) is 0 Å². The summed E-state index contributed by atoms with van der Waals surface area (Å²) in [6, 6.07) is 11.9. The molecule has 0 fully saturated rings. The third-order valence-electron chi connectivity index (χ3n) is 3.22. The van der Waals surface area contributed by atoms with Crippen LogP contribution in [0.3, 0.4) is 0 Å². The van der Waals surface area contributed by atoms with Gasteiger partial charge in [-0.05, 0) is 35.9 Å². The van der Waals surface area contributed by atoms with Crippen LogP contribution in [0.15, 0.2) is 53.4 Å². The largest absolute Gasteiger partial charge is 0.495 e. The highest BCUT2D eigenvalue weighted by Gasteiger charge is 2.09. The van der Waals surface area contributed by atoms with Gasteiger partial charge >= 0.3 is 0 Å². The molecule has 0 unspecified atom stereocenters. The summed E-state index contributed by atoms with van der Waals surface area (Å²) in [5.74, 6) is 0.960. The average molecular weight is 299 g/mol. The maximum Gasteiger partial charge on any atom is 0.214 e. The number of benzene rings is 2. The molecule has 0 aliphatic rings. The van der Waals surface area contributed by atoms with Crippen LogP contribution in [0, 0.1) is 5.82 Å². The summed E-state index contributed by atoms with van der Waals surface area (Å²) in [6.45, 7) is 0.548. The van der Waals surface area contributed by atoms with Crippen LogP contribution in [-0.4, -0.2) is 17.3 Å². The Hall–Kier alpha value is -2.89. The van der Waals surface area contributed by atoms with Crippen LogP contribution in [0.4, 0.5) is 10.1 Å². The first-order valence-electron chi connectivity index (χ1n) is 6.69. The Bertz CT molecular complexity index is 743. The minimum absolute atomic E-state index is 0.250. The number of methoxy groups -OCH3 is 1. The van der Waals surface area contributed by atoms with Gasteiger partial charge in [0.1, 0.15) is 11.6 Å². The molecule has 1 N–H and O–H groups in total. The molecule has 2 aromatic carbocycles. The number of halogens is 1. The van der Waals surface area contributed by atoms with E-state index in [0.29, 0.717) is 18.1 Å². The number of hydrogen-bond acceptors (Lipinski definition) is 5. The molecule has 0 atom stereocenters. The molecule has 0 saturated carbocycles. The van der Waals surface area contributed by atoms with E-state index < -0.39 is 0 Å². The molecule has 0 radical (unpaired) electrons. The van der Waals surface area contributed by atoms with Crippen LogP contribution in [0.5, 0.6) is 5.75 Å². The van der Waals surface area contributed by atoms with E-state index in [1.807, 2.05) is 18.2 Å². The predicted octanol–water partition coefficient (Wildman–Crippen LogP) is 3.50. The summed E-state index contributed by atoms with van der Waals surface area (Å²) in [4.78, 5) is 4.02. The van der Waals surface area contributed by atoms with E-state index in [0.717, 1.165) is 16.8 Å². The number of rotatable bonds is 5. The summed E-state index contributed by atoms with van der Waals surface area (Å²) >= 11 is 0. The monoisotopic (exact) mass is 299 g/mol. The summed E-state index contributed by atoms with van der Waals surface area (Å²) in [5.41, 5.74) is 2.58. The molecule has 6 heteroatoms. The number of aromatic nitrogens is 2. The molecule has 3 aromatic rings. The van der Waals surface area contributed by atoms with Crippen molar-refractivity contribution in [2.24, 2.45) is 0 Å². The smallest absolute Gasteiger partial charge is 0.214 e. The Kier molecular flexibility index (Phi) is 4.00. The van der Waals surface area contributed by atoms with E-state index in [1.165, 1.54) is 18.5 Å². The number of ether oxygens (including phenoxy) is 1. The van der Waals surface area contributed by atoms with Crippen molar-refractivity contribution < 1.29 is 13.7 Å². The molecule has 0 saturated heterocycles. The molecule has 112 valence electrons. The van der Waals surface area contributed by atoms with Gasteiger partial charge in [-0.25, -0.2) is 4.39 Å². The fourth-order valence-corrected chi connectivity index (χ4v) is 2.08. The predicted molar refractivity (Wildman–Crippen MR) is 80.0 cm³/mol. The van der Waals surface area contributed by atoms with Gasteiger partial charge in [0, 0.05) is 12.1 Å². The molecule has 3 rings (SSSR count). The van der Waals surface area contributed by atoms with Gasteiger partial charge in [-0.3, -0.25) is 0 Å². The van der Waals surface area contributed by atoms with Gasteiger partial charge in [-0.2, -0.15) is 4.98 Å². The second-order valence-corrected chi connectivity index (χ2v) is 4.65. The van der Waals surface area contributed by atoms with Gasteiger partial charge < -0.3 is 14.6 Å². The van der Waals surface area contributed by atoms with Gasteiger partial charge in [0.2, 0.25) is 12.2 Å². The van der Waals surface area contributed by atoms with Crippen LogP contribution >= 0.6 is 0 Å². The van der Waals surface area contributed by atoms with E-state index >= 15 is 0 Å². The quantitative estimate of drug-likeness (QED) is 0.781. The Morgan fingerprint density at radius 3 is 2.68 bits per heavy atom. The first-order chi connectivity index (χ1) is 10.8. The normalized spacial score (nSPS) is 10.5. The van der Waals surface area contributed by atoms with Crippen molar-refractivity contribution in [2.75, 3.05) is 12.4 Å². The van der Waals surface area contributed by atoms with Crippen molar-refractivity contribution >= 4 is 5.69 Å². The average Bonchev–Trinajstić information content (AvgIpc) is 3.08. The molecule has 0 bridgehead atoms. The molecule has 0 amide bonds. The third kappa shape index (κ3) is 3.06. The zero-order valence-corrected chi connectivity index (χ0v) is 11.9. The van der Waals surface area contributed by atoms with Gasteiger partial charge in [-0.1, -0.05) is 17.3 Å². The second kappa shape index (κ2) is 6.26. The highest BCUT2D eigenvalue weighted by Crippen LogP contribution is 2.29. The highest BCUT2D eigenvalue weighted by atomic mass is 19.1. The molecule has 22 heavy (non-hydrogen) atoms. The number of hydrogen-bond donors (Lipinski definition) is 1. The van der Waals surface area contributed by atoms with Crippen LogP contribution in [0.25, 0.3) is 11.4 Å². The third-order valence-corrected chi connectivity index (χ3v) is 3.22. The summed E-state index contributed by atoms with van der Waals surface area (Å²) in [5, 5.41) is 7.08. The van der Waals surface area contributed by atoms with Gasteiger partial charge in [0.15, 0.2) is 0 Å². The van der Waals surface area contributed by atoms with Crippen LogP contribution < -0.4 is 10.1 Å². The first-order valence-corrected chi connectivity index (χ1v) is 6.69. The molecular weight excluding hydrogens is 285 g/mol. The molecule has 5 nitrogen and oxygen atoms in total. The Morgan fingerprint density at radius 1 is 1.18 bits per heavy atom. The number of anilines is 1. The minimum Gasteiger partial charge on any atom is -0.495 e. The fourth-order valence-electron chi connectivity index (χ4n) is 2.08. The van der Waals surface area contributed by atoms with E-state index in [9.17, 15) is 4.39 Å². The molecule has 0 aliphatic heterocycles. The molecule has 0 spiro atoms. The maximum absolute atomic E-state index is 12.9. The molecule has 0 aliphatic carbocycles. The Balaban J connectivity index is 1.81. The summed E-state index contributed by atoms with van der Waals surface area (Å²) in [6.07, 6.45) is 1.28. The van der Waals surface area contributed by atoms with Crippen LogP contribution in [-0.2, 0) is 6.54 Å². The molecule has 1 heterocycles. The summed E-state index contributed by atoms with van der Waals surface area (Å²) < 4.78 is 23.0. The lowest BCUT2D eigenvalue weighted by atomic mass is 10.1. The Labute approximate surface area is 126 Å². The van der Waals surface area contributed by atoms with Gasteiger partial charge in [0.25, 0.3) is 0 Å². The Morgan fingerprint density at radius 2 is 2.00 bits per heavy atom. The van der Waals surface area contributed by atoms with E-state index in [1.54, 1.807) is 19.2 Å². The van der Waals surface area contributed by atoms with Crippen molar-refractivity contribution in [1.82, 2.24) is 10.1 Å². The minimum atomic E-state index is -0.250. The van der Waals surface area contributed by atoms with Gasteiger partial charge in [-0.15, -0.1) is 0 Å². The van der Waals surface area contributed by atoms with Crippen molar-refractivity contribution in [1.29, 1.82) is 0 Å². The summed E-state index contributed by atoms with van der Waals surface area (Å²) in [7, 11) is 1.60. The van der Waals surface area contributed by atoms with E-state index in [2.05, 4.69) is 15.5 Å². The van der Waals surface area contributed by atoms with E-state index in [4.69, 9.17) is 9.26 Å². The molecular formula is C16H14FN3O2. The number of nitrogens with zero attached hydrogens (tertiary/aromatic N) is 2. The zero-order chi connectivity index (χ0) is 15.4. The SMILES string of the molecule is COc1ccc(-c2ncon2)cc1NCc1ccc(F)cc1. The van der Waals surface area contributed by atoms with Crippen LogP contribution in [0.2, 0.25) is 0 Å². The standard InChI is InChI=1S/C16H14FN3O2/c1-21-15-7-4-12(16-19-10-22-20-16)8-14(15)18-9-11-2-5-13(17)6-3-11/h2-8,10,18H,9H2,1H3. The lowest BCUT2D eigenvalue weighted by Gasteiger charge is -2.12.